The van der Waals surface area contributed by atoms with Gasteiger partial charge in [-0.3, -0.25) is 5.41 Å². The van der Waals surface area contributed by atoms with Crippen molar-refractivity contribution in [2.75, 3.05) is 24.7 Å². The summed E-state index contributed by atoms with van der Waals surface area (Å²) in [5.41, 5.74) is 3.10. The van der Waals surface area contributed by atoms with Gasteiger partial charge in [-0.1, -0.05) is 30.3 Å². The SMILES string of the molecule is N=C1C(c2nc(-c3ccccc3)cs2)=C(O)CN1c1ccc2c(c1)OCCO2. The van der Waals surface area contributed by atoms with Crippen LogP contribution in [0.1, 0.15) is 5.01 Å². The van der Waals surface area contributed by atoms with Crippen molar-refractivity contribution in [1.29, 1.82) is 5.41 Å². The first-order chi connectivity index (χ1) is 13.7. The number of hydrogen-bond acceptors (Lipinski definition) is 6. The summed E-state index contributed by atoms with van der Waals surface area (Å²) in [6.07, 6.45) is 0. The molecule has 140 valence electrons. The molecular formula is C21H17N3O3S. The van der Waals surface area contributed by atoms with Crippen molar-refractivity contribution in [2.24, 2.45) is 0 Å². The van der Waals surface area contributed by atoms with Gasteiger partial charge in [-0.2, -0.15) is 0 Å². The van der Waals surface area contributed by atoms with Crippen LogP contribution in [0, 0.1) is 5.41 Å². The normalized spacial score (nSPS) is 16.0. The average molecular weight is 391 g/mol. The molecule has 0 saturated heterocycles. The number of fused-ring (bicyclic) bond motifs is 1. The highest BCUT2D eigenvalue weighted by atomic mass is 32.1. The van der Waals surface area contributed by atoms with Gasteiger partial charge in [0.1, 0.15) is 29.8 Å². The predicted octanol–water partition coefficient (Wildman–Crippen LogP) is 4.35. The summed E-state index contributed by atoms with van der Waals surface area (Å²) in [6.45, 7) is 1.27. The average Bonchev–Trinajstić information content (AvgIpc) is 3.32. The maximum Gasteiger partial charge on any atom is 0.163 e. The van der Waals surface area contributed by atoms with E-state index >= 15 is 0 Å². The molecule has 0 spiro atoms. The third-order valence-corrected chi connectivity index (χ3v) is 5.59. The van der Waals surface area contributed by atoms with Crippen LogP contribution in [0.2, 0.25) is 0 Å². The molecule has 5 rings (SSSR count). The Kier molecular flexibility index (Phi) is 4.02. The third-order valence-electron chi connectivity index (χ3n) is 4.73. The summed E-state index contributed by atoms with van der Waals surface area (Å²) in [4.78, 5) is 6.39. The highest BCUT2D eigenvalue weighted by Crippen LogP contribution is 2.38. The smallest absolute Gasteiger partial charge is 0.163 e. The zero-order valence-corrected chi connectivity index (χ0v) is 15.7. The Morgan fingerprint density at radius 1 is 1.04 bits per heavy atom. The van der Waals surface area contributed by atoms with E-state index in [1.165, 1.54) is 11.3 Å². The number of nitrogens with one attached hydrogen (secondary N) is 1. The Morgan fingerprint density at radius 3 is 2.64 bits per heavy atom. The van der Waals surface area contributed by atoms with Gasteiger partial charge in [0.15, 0.2) is 11.5 Å². The van der Waals surface area contributed by atoms with Crippen LogP contribution in [0.3, 0.4) is 0 Å². The minimum absolute atomic E-state index is 0.147. The Morgan fingerprint density at radius 2 is 1.82 bits per heavy atom. The molecule has 0 radical (unpaired) electrons. The zero-order chi connectivity index (χ0) is 19.1. The molecule has 0 amide bonds. The number of benzene rings is 2. The van der Waals surface area contributed by atoms with Crippen molar-refractivity contribution in [1.82, 2.24) is 4.98 Å². The molecule has 2 aliphatic rings. The monoisotopic (exact) mass is 391 g/mol. The summed E-state index contributed by atoms with van der Waals surface area (Å²) in [6, 6.07) is 15.4. The molecule has 28 heavy (non-hydrogen) atoms. The number of nitrogens with zero attached hydrogens (tertiary/aromatic N) is 2. The number of thiazole rings is 1. The Bertz CT molecular complexity index is 1090. The number of anilines is 1. The molecule has 0 aliphatic carbocycles. The lowest BCUT2D eigenvalue weighted by molar-refractivity contribution is 0.171. The molecule has 3 aromatic rings. The van der Waals surface area contributed by atoms with Crippen LogP contribution in [-0.2, 0) is 0 Å². The van der Waals surface area contributed by atoms with E-state index in [0.29, 0.717) is 35.3 Å². The zero-order valence-electron chi connectivity index (χ0n) is 14.9. The van der Waals surface area contributed by atoms with Gasteiger partial charge in [-0.25, -0.2) is 4.98 Å². The number of aliphatic hydroxyl groups excluding tert-OH is 1. The lowest BCUT2D eigenvalue weighted by Crippen LogP contribution is -2.26. The number of aliphatic hydroxyl groups is 1. The van der Waals surface area contributed by atoms with E-state index in [4.69, 9.17) is 14.9 Å². The quantitative estimate of drug-likeness (QED) is 0.694. The summed E-state index contributed by atoms with van der Waals surface area (Å²) in [7, 11) is 0. The number of amidine groups is 1. The fraction of sp³-hybridized carbons (Fsp3) is 0.143. The topological polar surface area (TPSA) is 78.7 Å². The van der Waals surface area contributed by atoms with Crippen LogP contribution in [0.5, 0.6) is 11.5 Å². The van der Waals surface area contributed by atoms with Crippen LogP contribution >= 0.6 is 11.3 Å². The maximum absolute atomic E-state index is 10.6. The predicted molar refractivity (Wildman–Crippen MR) is 110 cm³/mol. The van der Waals surface area contributed by atoms with Gasteiger partial charge in [0.05, 0.1) is 17.8 Å². The fourth-order valence-electron chi connectivity index (χ4n) is 3.35. The number of rotatable bonds is 3. The standard InChI is InChI=1S/C21H17N3O3S/c22-20-19(21-23-15(12-28-21)13-4-2-1-3-5-13)16(25)11-24(20)14-6-7-17-18(10-14)27-9-8-26-17/h1-7,10,12,22,25H,8-9,11H2. The van der Waals surface area contributed by atoms with E-state index in [1.807, 2.05) is 53.9 Å². The molecule has 1 aromatic heterocycles. The molecule has 0 unspecified atom stereocenters. The number of hydrogen-bond donors (Lipinski definition) is 2. The van der Waals surface area contributed by atoms with Crippen molar-refractivity contribution in [2.45, 2.75) is 0 Å². The molecule has 7 heteroatoms. The summed E-state index contributed by atoms with van der Waals surface area (Å²) in [5.74, 6) is 1.73. The molecular weight excluding hydrogens is 374 g/mol. The Hall–Kier alpha value is -3.32. The third kappa shape index (κ3) is 2.80. The van der Waals surface area contributed by atoms with E-state index in [-0.39, 0.29) is 18.1 Å². The molecule has 3 heterocycles. The second-order valence-electron chi connectivity index (χ2n) is 6.49. The maximum atomic E-state index is 10.6. The second-order valence-corrected chi connectivity index (χ2v) is 7.35. The van der Waals surface area contributed by atoms with E-state index in [9.17, 15) is 5.11 Å². The van der Waals surface area contributed by atoms with Gasteiger partial charge in [-0.15, -0.1) is 11.3 Å². The molecule has 0 saturated carbocycles. The fourth-order valence-corrected chi connectivity index (χ4v) is 4.25. The van der Waals surface area contributed by atoms with Crippen molar-refractivity contribution in [3.8, 4) is 22.8 Å². The highest BCUT2D eigenvalue weighted by molar-refractivity contribution is 7.11. The summed E-state index contributed by atoms with van der Waals surface area (Å²) >= 11 is 1.43. The lowest BCUT2D eigenvalue weighted by atomic mass is 10.2. The van der Waals surface area contributed by atoms with Crippen molar-refractivity contribution in [3.05, 3.63) is 64.7 Å². The van der Waals surface area contributed by atoms with Crippen molar-refractivity contribution >= 4 is 28.4 Å². The minimum atomic E-state index is 0.147. The van der Waals surface area contributed by atoms with Gasteiger partial charge < -0.3 is 19.5 Å². The van der Waals surface area contributed by atoms with Crippen LogP contribution < -0.4 is 14.4 Å². The van der Waals surface area contributed by atoms with Crippen LogP contribution in [0.25, 0.3) is 16.8 Å². The van der Waals surface area contributed by atoms with E-state index in [1.54, 1.807) is 4.90 Å². The van der Waals surface area contributed by atoms with Crippen LogP contribution in [-0.4, -0.2) is 35.7 Å². The van der Waals surface area contributed by atoms with E-state index in [0.717, 1.165) is 16.9 Å². The first kappa shape index (κ1) is 16.8. The van der Waals surface area contributed by atoms with Crippen LogP contribution in [0.4, 0.5) is 5.69 Å². The number of aromatic nitrogens is 1. The van der Waals surface area contributed by atoms with E-state index in [2.05, 4.69) is 4.98 Å². The molecule has 0 fully saturated rings. The molecule has 0 atom stereocenters. The highest BCUT2D eigenvalue weighted by Gasteiger charge is 2.32. The van der Waals surface area contributed by atoms with Gasteiger partial charge in [0.25, 0.3) is 0 Å². The van der Waals surface area contributed by atoms with Gasteiger partial charge in [0, 0.05) is 22.7 Å². The Labute approximate surface area is 165 Å². The molecule has 2 aromatic carbocycles. The lowest BCUT2D eigenvalue weighted by Gasteiger charge is -2.23. The van der Waals surface area contributed by atoms with Gasteiger partial charge in [-0.05, 0) is 12.1 Å². The van der Waals surface area contributed by atoms with Crippen molar-refractivity contribution < 1.29 is 14.6 Å². The second kappa shape index (κ2) is 6.69. The first-order valence-corrected chi connectivity index (χ1v) is 9.78. The van der Waals surface area contributed by atoms with E-state index < -0.39 is 0 Å². The largest absolute Gasteiger partial charge is 0.510 e. The van der Waals surface area contributed by atoms with Crippen LogP contribution in [0.15, 0.2) is 59.7 Å². The Balaban J connectivity index is 1.44. The summed E-state index contributed by atoms with van der Waals surface area (Å²) in [5, 5.41) is 21.8. The minimum Gasteiger partial charge on any atom is -0.510 e. The molecule has 0 bridgehead atoms. The van der Waals surface area contributed by atoms with Gasteiger partial charge in [0.2, 0.25) is 0 Å². The number of ether oxygens (including phenoxy) is 2. The van der Waals surface area contributed by atoms with Crippen molar-refractivity contribution in [3.63, 3.8) is 0 Å². The summed E-state index contributed by atoms with van der Waals surface area (Å²) < 4.78 is 11.2. The van der Waals surface area contributed by atoms with Gasteiger partial charge >= 0.3 is 0 Å². The molecule has 6 nitrogen and oxygen atoms in total. The molecule has 2 N–H and O–H groups in total. The molecule has 2 aliphatic heterocycles. The first-order valence-electron chi connectivity index (χ1n) is 8.90.